The van der Waals surface area contributed by atoms with Crippen molar-refractivity contribution >= 4 is 45.6 Å². The molecule has 9 heteroatoms. The number of carbonyl (C=O) groups is 2. The molecular formula is C24H23ClN4O4. The first-order valence-corrected chi connectivity index (χ1v) is 11.0. The van der Waals surface area contributed by atoms with Gasteiger partial charge in [0.2, 0.25) is 11.8 Å². The zero-order valence-electron chi connectivity index (χ0n) is 17.9. The monoisotopic (exact) mass is 466 g/mol. The molecular weight excluding hydrogens is 444 g/mol. The van der Waals surface area contributed by atoms with Crippen LogP contribution in [0.25, 0.3) is 10.8 Å². The van der Waals surface area contributed by atoms with Crippen molar-refractivity contribution in [3.8, 4) is 0 Å². The van der Waals surface area contributed by atoms with Crippen molar-refractivity contribution in [1.29, 1.82) is 0 Å². The molecule has 1 saturated heterocycles. The van der Waals surface area contributed by atoms with E-state index in [1.54, 1.807) is 17.0 Å². The summed E-state index contributed by atoms with van der Waals surface area (Å²) < 4.78 is 0. The third-order valence-electron chi connectivity index (χ3n) is 5.77. The third kappa shape index (κ3) is 5.23. The predicted octanol–water partition coefficient (Wildman–Crippen LogP) is 3.41. The van der Waals surface area contributed by atoms with Crippen molar-refractivity contribution in [2.75, 3.05) is 37.6 Å². The van der Waals surface area contributed by atoms with Crippen LogP contribution in [0.1, 0.15) is 5.56 Å². The molecule has 2 amide bonds. The molecule has 1 aliphatic heterocycles. The van der Waals surface area contributed by atoms with Gasteiger partial charge in [-0.1, -0.05) is 54.1 Å². The second-order valence-corrected chi connectivity index (χ2v) is 8.29. The Morgan fingerprint density at radius 1 is 1.00 bits per heavy atom. The first-order valence-electron chi connectivity index (χ1n) is 10.6. The van der Waals surface area contributed by atoms with Gasteiger partial charge in [-0.3, -0.25) is 19.7 Å². The normalized spacial score (nSPS) is 13.7. The van der Waals surface area contributed by atoms with E-state index in [1.807, 2.05) is 47.4 Å². The van der Waals surface area contributed by atoms with E-state index in [0.717, 1.165) is 16.3 Å². The van der Waals surface area contributed by atoms with Crippen LogP contribution in [-0.2, 0) is 16.0 Å². The van der Waals surface area contributed by atoms with Gasteiger partial charge in [-0.2, -0.15) is 0 Å². The number of nitrogens with one attached hydrogen (secondary N) is 1. The smallest absolute Gasteiger partial charge is 0.294 e. The predicted molar refractivity (Wildman–Crippen MR) is 128 cm³/mol. The number of anilines is 1. The molecule has 0 bridgehead atoms. The van der Waals surface area contributed by atoms with Crippen molar-refractivity contribution in [2.45, 2.75) is 6.42 Å². The van der Waals surface area contributed by atoms with E-state index < -0.39 is 4.92 Å². The number of carbonyl (C=O) groups excluding carboxylic acids is 2. The van der Waals surface area contributed by atoms with Crippen molar-refractivity contribution in [1.82, 2.24) is 10.2 Å². The number of rotatable bonds is 6. The van der Waals surface area contributed by atoms with Gasteiger partial charge in [-0.05, 0) is 28.5 Å². The number of halogens is 1. The van der Waals surface area contributed by atoms with Gasteiger partial charge >= 0.3 is 0 Å². The van der Waals surface area contributed by atoms with E-state index in [9.17, 15) is 19.7 Å². The van der Waals surface area contributed by atoms with Gasteiger partial charge in [0.05, 0.1) is 17.9 Å². The SMILES string of the molecule is O=C(Cc1cccc2ccccc12)NCC(=O)N1CCN(c2ccc(Cl)cc2[N+](=O)[O-])CC1. The summed E-state index contributed by atoms with van der Waals surface area (Å²) >= 11 is 5.89. The molecule has 170 valence electrons. The summed E-state index contributed by atoms with van der Waals surface area (Å²) in [4.78, 5) is 39.5. The Morgan fingerprint density at radius 3 is 2.48 bits per heavy atom. The minimum absolute atomic E-state index is 0.0528. The van der Waals surface area contributed by atoms with Crippen LogP contribution in [-0.4, -0.2) is 54.4 Å². The molecule has 0 radical (unpaired) electrons. The number of amides is 2. The highest BCUT2D eigenvalue weighted by Crippen LogP contribution is 2.31. The highest BCUT2D eigenvalue weighted by molar-refractivity contribution is 6.30. The fourth-order valence-corrected chi connectivity index (χ4v) is 4.24. The lowest BCUT2D eigenvalue weighted by atomic mass is 10.0. The zero-order chi connectivity index (χ0) is 23.4. The topological polar surface area (TPSA) is 95.8 Å². The molecule has 33 heavy (non-hydrogen) atoms. The quantitative estimate of drug-likeness (QED) is 0.443. The lowest BCUT2D eigenvalue weighted by molar-refractivity contribution is -0.384. The van der Waals surface area contributed by atoms with Crippen LogP contribution >= 0.6 is 11.6 Å². The lowest BCUT2D eigenvalue weighted by Crippen LogP contribution is -2.51. The molecule has 0 unspecified atom stereocenters. The van der Waals surface area contributed by atoms with Crippen LogP contribution in [0.15, 0.2) is 60.7 Å². The number of benzene rings is 3. The lowest BCUT2D eigenvalue weighted by Gasteiger charge is -2.35. The minimum atomic E-state index is -0.454. The van der Waals surface area contributed by atoms with Gasteiger partial charge < -0.3 is 15.1 Å². The number of hydrogen-bond donors (Lipinski definition) is 1. The fourth-order valence-electron chi connectivity index (χ4n) is 4.08. The van der Waals surface area contributed by atoms with E-state index in [1.165, 1.54) is 6.07 Å². The summed E-state index contributed by atoms with van der Waals surface area (Å²) in [6.07, 6.45) is 0.197. The van der Waals surface area contributed by atoms with Crippen LogP contribution in [0, 0.1) is 10.1 Å². The third-order valence-corrected chi connectivity index (χ3v) is 6.01. The molecule has 0 spiro atoms. The molecule has 3 aromatic carbocycles. The Bertz CT molecular complexity index is 1200. The molecule has 0 saturated carbocycles. The van der Waals surface area contributed by atoms with Gasteiger partial charge in [0.25, 0.3) is 5.69 Å². The molecule has 1 aliphatic rings. The first kappa shape index (κ1) is 22.5. The summed E-state index contributed by atoms with van der Waals surface area (Å²) in [5.41, 5.74) is 1.35. The van der Waals surface area contributed by atoms with Crippen molar-refractivity contribution < 1.29 is 14.5 Å². The van der Waals surface area contributed by atoms with Crippen LogP contribution < -0.4 is 10.2 Å². The van der Waals surface area contributed by atoms with Crippen LogP contribution in [0.4, 0.5) is 11.4 Å². The van der Waals surface area contributed by atoms with Crippen LogP contribution in [0.5, 0.6) is 0 Å². The average Bonchev–Trinajstić information content (AvgIpc) is 2.83. The molecule has 0 aromatic heterocycles. The van der Waals surface area contributed by atoms with E-state index in [4.69, 9.17) is 11.6 Å². The summed E-state index contributed by atoms with van der Waals surface area (Å²) in [7, 11) is 0. The van der Waals surface area contributed by atoms with Crippen LogP contribution in [0.2, 0.25) is 5.02 Å². The van der Waals surface area contributed by atoms with Gasteiger partial charge in [0.1, 0.15) is 5.69 Å². The molecule has 0 atom stereocenters. The number of nitro benzene ring substituents is 1. The maximum absolute atomic E-state index is 12.6. The molecule has 0 aliphatic carbocycles. The van der Waals surface area contributed by atoms with Crippen molar-refractivity contribution in [3.63, 3.8) is 0 Å². The average molecular weight is 467 g/mol. The Balaban J connectivity index is 1.30. The van der Waals surface area contributed by atoms with E-state index in [2.05, 4.69) is 5.32 Å². The molecule has 1 fully saturated rings. The Kier molecular flexibility index (Phi) is 6.74. The molecule has 1 N–H and O–H groups in total. The minimum Gasteiger partial charge on any atom is -0.362 e. The van der Waals surface area contributed by atoms with Gasteiger partial charge in [0.15, 0.2) is 0 Å². The Morgan fingerprint density at radius 2 is 1.73 bits per heavy atom. The van der Waals surface area contributed by atoms with Gasteiger partial charge in [-0.15, -0.1) is 0 Å². The number of hydrogen-bond acceptors (Lipinski definition) is 5. The number of nitrogens with zero attached hydrogens (tertiary/aromatic N) is 3. The first-order chi connectivity index (χ1) is 15.9. The Labute approximate surface area is 195 Å². The second kappa shape index (κ2) is 9.87. The summed E-state index contributed by atoms with van der Waals surface area (Å²) in [6, 6.07) is 18.3. The van der Waals surface area contributed by atoms with E-state index >= 15 is 0 Å². The summed E-state index contributed by atoms with van der Waals surface area (Å²) in [5, 5.41) is 16.5. The number of fused-ring (bicyclic) bond motifs is 1. The fraction of sp³-hybridized carbons (Fsp3) is 0.250. The van der Waals surface area contributed by atoms with Gasteiger partial charge in [-0.25, -0.2) is 0 Å². The molecule has 1 heterocycles. The van der Waals surface area contributed by atoms with Gasteiger partial charge in [0, 0.05) is 37.3 Å². The number of piperazine rings is 1. The Hall–Kier alpha value is -3.65. The standard InChI is InChI=1S/C24H23ClN4O4/c25-19-8-9-21(22(15-19)29(32)33)27-10-12-28(13-11-27)24(31)16-26-23(30)14-18-6-3-5-17-4-1-2-7-20(17)18/h1-9,15H,10-14,16H2,(H,26,30). The number of nitro groups is 1. The van der Waals surface area contributed by atoms with Crippen molar-refractivity contribution in [3.05, 3.63) is 81.4 Å². The highest BCUT2D eigenvalue weighted by atomic mass is 35.5. The summed E-state index contributed by atoms with van der Waals surface area (Å²) in [5.74, 6) is -0.387. The highest BCUT2D eigenvalue weighted by Gasteiger charge is 2.26. The largest absolute Gasteiger partial charge is 0.362 e. The van der Waals surface area contributed by atoms with E-state index in [0.29, 0.717) is 36.9 Å². The molecule has 8 nitrogen and oxygen atoms in total. The maximum Gasteiger partial charge on any atom is 0.294 e. The summed E-state index contributed by atoms with van der Waals surface area (Å²) in [6.45, 7) is 1.66. The zero-order valence-corrected chi connectivity index (χ0v) is 18.6. The molecule has 4 rings (SSSR count). The molecule has 3 aromatic rings. The van der Waals surface area contributed by atoms with Crippen molar-refractivity contribution in [2.24, 2.45) is 0 Å². The second-order valence-electron chi connectivity index (χ2n) is 7.85. The maximum atomic E-state index is 12.6. The van der Waals surface area contributed by atoms with Crippen LogP contribution in [0.3, 0.4) is 0 Å². The van der Waals surface area contributed by atoms with E-state index in [-0.39, 0.29) is 30.5 Å².